The van der Waals surface area contributed by atoms with E-state index >= 15 is 0 Å². The zero-order valence-electron chi connectivity index (χ0n) is 15.0. The molecule has 1 aromatic heterocycles. The number of aromatic nitrogens is 1. The van der Waals surface area contributed by atoms with Gasteiger partial charge in [-0.05, 0) is 44.5 Å². The van der Waals surface area contributed by atoms with Gasteiger partial charge >= 0.3 is 0 Å². The molecule has 0 saturated heterocycles. The number of nitrogens with zero attached hydrogens (tertiary/aromatic N) is 2. The van der Waals surface area contributed by atoms with Crippen LogP contribution in [-0.2, 0) is 11.2 Å². The molecule has 0 unspecified atom stereocenters. The Morgan fingerprint density at radius 2 is 2.12 bits per heavy atom. The van der Waals surface area contributed by atoms with E-state index in [1.807, 2.05) is 30.9 Å². The third-order valence-electron chi connectivity index (χ3n) is 5.76. The van der Waals surface area contributed by atoms with Crippen LogP contribution in [0.25, 0.3) is 16.5 Å². The van der Waals surface area contributed by atoms with Crippen LogP contribution >= 0.6 is 0 Å². The molecular weight excluding hydrogens is 314 g/mol. The van der Waals surface area contributed by atoms with Crippen LogP contribution in [0.3, 0.4) is 0 Å². The predicted octanol–water partition coefficient (Wildman–Crippen LogP) is 2.61. The summed E-state index contributed by atoms with van der Waals surface area (Å²) in [6, 6.07) is 6.32. The number of hydrogen-bond acceptors (Lipinski definition) is 3. The van der Waals surface area contributed by atoms with E-state index in [9.17, 15) is 9.90 Å². The molecule has 2 heterocycles. The highest BCUT2D eigenvalue weighted by Crippen LogP contribution is 2.43. The highest BCUT2D eigenvalue weighted by Gasteiger charge is 2.37. The first-order valence-electron chi connectivity index (χ1n) is 9.08. The molecule has 1 aliphatic carbocycles. The highest BCUT2D eigenvalue weighted by molar-refractivity contribution is 6.00. The van der Waals surface area contributed by atoms with Crippen molar-refractivity contribution in [2.75, 3.05) is 26.7 Å². The maximum Gasteiger partial charge on any atom is 0.230 e. The highest BCUT2D eigenvalue weighted by atomic mass is 16.3. The van der Waals surface area contributed by atoms with E-state index in [-0.39, 0.29) is 23.7 Å². The van der Waals surface area contributed by atoms with Crippen molar-refractivity contribution in [2.24, 2.45) is 5.92 Å². The second kappa shape index (κ2) is 5.92. The van der Waals surface area contributed by atoms with E-state index in [0.29, 0.717) is 0 Å². The Kier molecular flexibility index (Phi) is 3.84. The summed E-state index contributed by atoms with van der Waals surface area (Å²) in [6.07, 6.45) is 2.95. The summed E-state index contributed by atoms with van der Waals surface area (Å²) in [6.45, 7) is 6.27. The fourth-order valence-electron chi connectivity index (χ4n) is 4.45. The average molecular weight is 339 g/mol. The third kappa shape index (κ3) is 2.37. The molecule has 5 nitrogen and oxygen atoms in total. The molecule has 1 amide bonds. The number of H-pyrrole nitrogens is 1. The van der Waals surface area contributed by atoms with Gasteiger partial charge in [0.2, 0.25) is 5.91 Å². The number of rotatable bonds is 3. The molecule has 1 aliphatic heterocycles. The Hall–Kier alpha value is -2.27. The van der Waals surface area contributed by atoms with Gasteiger partial charge in [0.25, 0.3) is 0 Å². The number of carbonyl (C=O) groups is 1. The van der Waals surface area contributed by atoms with Gasteiger partial charge in [-0.1, -0.05) is 18.2 Å². The number of likely N-dealkylation sites (N-methyl/N-ethyl adjacent to an activating group) is 1. The third-order valence-corrected chi connectivity index (χ3v) is 5.76. The van der Waals surface area contributed by atoms with Crippen LogP contribution in [0.2, 0.25) is 0 Å². The molecule has 1 aromatic carbocycles. The monoisotopic (exact) mass is 339 g/mol. The molecule has 2 N–H and O–H groups in total. The van der Waals surface area contributed by atoms with Crippen molar-refractivity contribution in [3.05, 3.63) is 35.4 Å². The smallest absolute Gasteiger partial charge is 0.230 e. The van der Waals surface area contributed by atoms with Gasteiger partial charge in [-0.3, -0.25) is 9.69 Å². The summed E-state index contributed by atoms with van der Waals surface area (Å²) in [5.74, 6) is 0.370. The molecule has 2 aliphatic rings. The van der Waals surface area contributed by atoms with E-state index < -0.39 is 0 Å². The van der Waals surface area contributed by atoms with Gasteiger partial charge in [-0.25, -0.2) is 0 Å². The normalized spacial score (nSPS) is 22.6. The minimum Gasteiger partial charge on any atom is -0.494 e. The summed E-state index contributed by atoms with van der Waals surface area (Å²) < 4.78 is 0. The molecular formula is C20H25N3O2. The van der Waals surface area contributed by atoms with E-state index in [1.54, 1.807) is 0 Å². The number of aromatic hydroxyl groups is 1. The molecule has 0 spiro atoms. The van der Waals surface area contributed by atoms with Gasteiger partial charge in [0, 0.05) is 42.1 Å². The molecule has 0 fully saturated rings. The molecule has 0 radical (unpaired) electrons. The van der Waals surface area contributed by atoms with E-state index in [0.717, 1.165) is 48.1 Å². The van der Waals surface area contributed by atoms with Gasteiger partial charge < -0.3 is 15.0 Å². The summed E-state index contributed by atoms with van der Waals surface area (Å²) in [7, 11) is 2.08. The van der Waals surface area contributed by atoms with E-state index in [1.165, 1.54) is 5.57 Å². The van der Waals surface area contributed by atoms with Crippen molar-refractivity contribution in [1.82, 2.24) is 14.8 Å². The van der Waals surface area contributed by atoms with Crippen molar-refractivity contribution >= 4 is 22.4 Å². The van der Waals surface area contributed by atoms with Crippen molar-refractivity contribution < 1.29 is 9.90 Å². The van der Waals surface area contributed by atoms with Gasteiger partial charge in [-0.2, -0.15) is 0 Å². The average Bonchev–Trinajstić information content (AvgIpc) is 2.93. The first-order chi connectivity index (χ1) is 12.0. The van der Waals surface area contributed by atoms with Gasteiger partial charge in [-0.15, -0.1) is 0 Å². The maximum atomic E-state index is 12.9. The second-order valence-electron chi connectivity index (χ2n) is 7.08. The van der Waals surface area contributed by atoms with Gasteiger partial charge in [0.1, 0.15) is 0 Å². The lowest BCUT2D eigenvalue weighted by molar-refractivity contribution is -0.134. The lowest BCUT2D eigenvalue weighted by atomic mass is 9.79. The van der Waals surface area contributed by atoms with Crippen LogP contribution in [-0.4, -0.2) is 58.5 Å². The molecule has 0 saturated carbocycles. The number of carbonyl (C=O) groups excluding carboxylic acids is 1. The Balaban J connectivity index is 1.83. The fraction of sp³-hybridized carbons (Fsp3) is 0.450. The molecule has 5 heteroatoms. The van der Waals surface area contributed by atoms with Crippen LogP contribution in [0.5, 0.6) is 5.88 Å². The number of hydrogen-bond donors (Lipinski definition) is 2. The van der Waals surface area contributed by atoms with Crippen LogP contribution in [0, 0.1) is 5.92 Å². The molecule has 132 valence electrons. The first-order valence-corrected chi connectivity index (χ1v) is 9.08. The Labute approximate surface area is 147 Å². The number of benzene rings is 1. The Bertz CT molecular complexity index is 863. The van der Waals surface area contributed by atoms with Crippen LogP contribution in [0.4, 0.5) is 0 Å². The topological polar surface area (TPSA) is 59.6 Å². The molecule has 25 heavy (non-hydrogen) atoms. The fourth-order valence-corrected chi connectivity index (χ4v) is 4.45. The van der Waals surface area contributed by atoms with E-state index in [2.05, 4.69) is 29.1 Å². The quantitative estimate of drug-likeness (QED) is 0.904. The molecule has 2 atom stereocenters. The first kappa shape index (κ1) is 16.2. The number of fused-ring (bicyclic) bond motifs is 2. The minimum atomic E-state index is -0.111. The van der Waals surface area contributed by atoms with E-state index in [4.69, 9.17) is 0 Å². The van der Waals surface area contributed by atoms with Crippen LogP contribution in [0.1, 0.15) is 25.0 Å². The lowest BCUT2D eigenvalue weighted by Gasteiger charge is -2.40. The Morgan fingerprint density at radius 1 is 1.36 bits per heavy atom. The van der Waals surface area contributed by atoms with Gasteiger partial charge in [0.05, 0.1) is 5.92 Å². The second-order valence-corrected chi connectivity index (χ2v) is 7.08. The number of nitrogens with one attached hydrogen (secondary N) is 1. The van der Waals surface area contributed by atoms with Crippen molar-refractivity contribution in [2.45, 2.75) is 26.3 Å². The standard InChI is InChI=1S/C20H25N3O2/c1-4-23(5-2)20(25)12-9-14-13-7-6-8-16-18(13)15(19(24)21-16)10-17(14)22(3)11-12/h6-9,12,17,21,24H,4-5,10-11H2,1-3H3/t12-,17+/m0/s1. The number of amides is 1. The van der Waals surface area contributed by atoms with Crippen molar-refractivity contribution in [3.63, 3.8) is 0 Å². The molecule has 2 aromatic rings. The van der Waals surface area contributed by atoms with Crippen molar-refractivity contribution in [3.8, 4) is 5.88 Å². The van der Waals surface area contributed by atoms with Crippen LogP contribution in [0.15, 0.2) is 24.3 Å². The molecule has 0 bridgehead atoms. The zero-order valence-corrected chi connectivity index (χ0v) is 15.0. The van der Waals surface area contributed by atoms with Crippen molar-refractivity contribution in [1.29, 1.82) is 0 Å². The number of aromatic amines is 1. The van der Waals surface area contributed by atoms with Crippen LogP contribution < -0.4 is 0 Å². The maximum absolute atomic E-state index is 12.9. The largest absolute Gasteiger partial charge is 0.494 e. The van der Waals surface area contributed by atoms with Gasteiger partial charge in [0.15, 0.2) is 5.88 Å². The summed E-state index contributed by atoms with van der Waals surface area (Å²) in [5.41, 5.74) is 4.32. The predicted molar refractivity (Wildman–Crippen MR) is 99.5 cm³/mol. The molecule has 4 rings (SSSR count). The SMILES string of the molecule is CCN(CC)C(=O)[C@H]1C=C2c3cccc4[nH]c(O)c(c34)C[C@H]2N(C)C1. The summed E-state index contributed by atoms with van der Waals surface area (Å²) >= 11 is 0. The Morgan fingerprint density at radius 3 is 2.84 bits per heavy atom. The summed E-state index contributed by atoms with van der Waals surface area (Å²) in [5, 5.41) is 11.4. The lowest BCUT2D eigenvalue weighted by Crippen LogP contribution is -2.47. The zero-order chi connectivity index (χ0) is 17.7. The minimum absolute atomic E-state index is 0.111. The summed E-state index contributed by atoms with van der Waals surface area (Å²) in [4.78, 5) is 20.1.